The summed E-state index contributed by atoms with van der Waals surface area (Å²) < 4.78 is 9.66. The predicted molar refractivity (Wildman–Crippen MR) is 146 cm³/mol. The fourth-order valence-corrected chi connectivity index (χ4v) is 5.02. The lowest BCUT2D eigenvalue weighted by Crippen LogP contribution is -2.35. The first-order chi connectivity index (χ1) is 18.1. The molecule has 5 aromatic rings. The maximum atomic E-state index is 6.15. The van der Waals surface area contributed by atoms with Crippen molar-refractivity contribution in [3.63, 3.8) is 0 Å². The van der Waals surface area contributed by atoms with Crippen LogP contribution in [0.5, 0.6) is 0 Å². The predicted octanol–water partition coefficient (Wildman–Crippen LogP) is 4.50. The first-order valence-electron chi connectivity index (χ1n) is 12.9. The highest BCUT2D eigenvalue weighted by Crippen LogP contribution is 2.35. The summed E-state index contributed by atoms with van der Waals surface area (Å²) in [6.07, 6.45) is 5.49. The van der Waals surface area contributed by atoms with Crippen molar-refractivity contribution in [2.45, 2.75) is 40.3 Å². The van der Waals surface area contributed by atoms with Gasteiger partial charge in [0.1, 0.15) is 12.1 Å². The topological polar surface area (TPSA) is 99.4 Å². The van der Waals surface area contributed by atoms with Crippen LogP contribution in [0.1, 0.15) is 43.6 Å². The number of ether oxygens (including phenoxy) is 1. The molecule has 0 aliphatic carbocycles. The summed E-state index contributed by atoms with van der Waals surface area (Å²) in [7, 11) is 0. The Balaban J connectivity index is 0.00000137. The van der Waals surface area contributed by atoms with E-state index in [1.807, 2.05) is 37.7 Å². The second-order valence-corrected chi connectivity index (χ2v) is 9.05. The third-order valence-corrected chi connectivity index (χ3v) is 6.80. The van der Waals surface area contributed by atoms with Crippen molar-refractivity contribution >= 4 is 22.4 Å². The molecule has 1 unspecified atom stereocenters. The van der Waals surface area contributed by atoms with Gasteiger partial charge in [0.2, 0.25) is 0 Å². The first kappa shape index (κ1) is 24.9. The number of rotatable bonds is 5. The molecule has 1 aliphatic heterocycles. The van der Waals surface area contributed by atoms with Gasteiger partial charge in [0, 0.05) is 43.1 Å². The quantitative estimate of drug-likeness (QED) is 0.381. The smallest absolute Gasteiger partial charge is 0.164 e. The number of anilines is 1. The first-order valence-corrected chi connectivity index (χ1v) is 12.9. The molecule has 192 valence electrons. The average Bonchev–Trinajstić information content (AvgIpc) is 3.49. The molecule has 2 N–H and O–H groups in total. The van der Waals surface area contributed by atoms with E-state index in [4.69, 9.17) is 20.6 Å². The average molecular weight is 499 g/mol. The van der Waals surface area contributed by atoms with Crippen molar-refractivity contribution in [2.75, 3.05) is 32.0 Å². The zero-order chi connectivity index (χ0) is 25.9. The van der Waals surface area contributed by atoms with Crippen molar-refractivity contribution in [3.8, 4) is 11.4 Å². The molecule has 0 spiro atoms. The highest BCUT2D eigenvalue weighted by atomic mass is 16.5. The van der Waals surface area contributed by atoms with E-state index in [0.717, 1.165) is 72.0 Å². The Morgan fingerprint density at radius 3 is 2.68 bits per heavy atom. The SMILES string of the molecule is CC.Cc1nn(C(C)c2cc3ccccn3c2-c2cc(CN3CCOCC3)ccn2)c2ncnc(N)c12. The molecule has 0 aromatic carbocycles. The third-order valence-electron chi connectivity index (χ3n) is 6.80. The number of nitrogens with zero attached hydrogens (tertiary/aromatic N) is 7. The van der Waals surface area contributed by atoms with Gasteiger partial charge in [-0.05, 0) is 49.7 Å². The van der Waals surface area contributed by atoms with E-state index in [9.17, 15) is 0 Å². The van der Waals surface area contributed by atoms with Gasteiger partial charge >= 0.3 is 0 Å². The summed E-state index contributed by atoms with van der Waals surface area (Å²) in [4.78, 5) is 15.9. The molecule has 0 amide bonds. The lowest BCUT2D eigenvalue weighted by Gasteiger charge is -2.26. The number of pyridine rings is 2. The van der Waals surface area contributed by atoms with Gasteiger partial charge in [0.15, 0.2) is 5.65 Å². The van der Waals surface area contributed by atoms with E-state index in [1.165, 1.54) is 11.9 Å². The monoisotopic (exact) mass is 498 g/mol. The van der Waals surface area contributed by atoms with Crippen molar-refractivity contribution in [1.82, 2.24) is 34.0 Å². The Bertz CT molecular complexity index is 1520. The van der Waals surface area contributed by atoms with Crippen molar-refractivity contribution < 1.29 is 4.74 Å². The zero-order valence-corrected chi connectivity index (χ0v) is 21.9. The van der Waals surface area contributed by atoms with Gasteiger partial charge in [-0.3, -0.25) is 9.88 Å². The lowest BCUT2D eigenvalue weighted by atomic mass is 10.1. The number of nitrogen functional groups attached to an aromatic ring is 1. The van der Waals surface area contributed by atoms with Gasteiger partial charge in [-0.15, -0.1) is 0 Å². The molecule has 1 atom stereocenters. The number of aryl methyl sites for hydroxylation is 1. The summed E-state index contributed by atoms with van der Waals surface area (Å²) in [6.45, 7) is 12.4. The minimum absolute atomic E-state index is 0.0971. The maximum absolute atomic E-state index is 6.15. The van der Waals surface area contributed by atoms with Gasteiger partial charge in [-0.1, -0.05) is 19.9 Å². The minimum Gasteiger partial charge on any atom is -0.383 e. The van der Waals surface area contributed by atoms with Crippen LogP contribution < -0.4 is 5.73 Å². The van der Waals surface area contributed by atoms with E-state index in [2.05, 4.69) is 62.7 Å². The van der Waals surface area contributed by atoms with Crippen LogP contribution in [0.3, 0.4) is 0 Å². The highest BCUT2D eigenvalue weighted by molar-refractivity contribution is 5.88. The van der Waals surface area contributed by atoms with E-state index < -0.39 is 0 Å². The van der Waals surface area contributed by atoms with Crippen molar-refractivity contribution in [1.29, 1.82) is 0 Å². The van der Waals surface area contributed by atoms with E-state index in [-0.39, 0.29) is 6.04 Å². The summed E-state index contributed by atoms with van der Waals surface area (Å²) >= 11 is 0. The lowest BCUT2D eigenvalue weighted by molar-refractivity contribution is 0.0342. The molecule has 0 saturated carbocycles. The van der Waals surface area contributed by atoms with Crippen LogP contribution in [0.25, 0.3) is 27.9 Å². The third kappa shape index (κ3) is 4.68. The maximum Gasteiger partial charge on any atom is 0.164 e. The van der Waals surface area contributed by atoms with Crippen LogP contribution >= 0.6 is 0 Å². The molecule has 5 aromatic heterocycles. The molecule has 6 heterocycles. The van der Waals surface area contributed by atoms with Crippen LogP contribution in [0, 0.1) is 6.92 Å². The molecule has 37 heavy (non-hydrogen) atoms. The van der Waals surface area contributed by atoms with Gasteiger partial charge in [0.25, 0.3) is 0 Å². The van der Waals surface area contributed by atoms with Crippen LogP contribution in [-0.2, 0) is 11.3 Å². The summed E-state index contributed by atoms with van der Waals surface area (Å²) in [6, 6.07) is 12.6. The fourth-order valence-electron chi connectivity index (χ4n) is 5.02. The van der Waals surface area contributed by atoms with Crippen LogP contribution in [0.15, 0.2) is 55.1 Å². The fraction of sp³-hybridized carbons (Fsp3) is 0.357. The van der Waals surface area contributed by atoms with E-state index in [1.54, 1.807) is 0 Å². The highest BCUT2D eigenvalue weighted by Gasteiger charge is 2.24. The molecule has 0 bridgehead atoms. The summed E-state index contributed by atoms with van der Waals surface area (Å²) in [5.41, 5.74) is 13.2. The molecule has 0 radical (unpaired) electrons. The number of hydrogen-bond donors (Lipinski definition) is 1. The normalized spacial score (nSPS) is 15.0. The molecule has 9 nitrogen and oxygen atoms in total. The summed E-state index contributed by atoms with van der Waals surface area (Å²) in [5.74, 6) is 0.450. The number of morpholine rings is 1. The van der Waals surface area contributed by atoms with Gasteiger partial charge in [-0.2, -0.15) is 5.10 Å². The molecule has 6 rings (SSSR count). The van der Waals surface area contributed by atoms with Gasteiger partial charge in [-0.25, -0.2) is 14.6 Å². The molecule has 9 heteroatoms. The van der Waals surface area contributed by atoms with Crippen LogP contribution in [0.4, 0.5) is 5.82 Å². The van der Waals surface area contributed by atoms with Crippen LogP contribution in [0.2, 0.25) is 0 Å². The number of fused-ring (bicyclic) bond motifs is 2. The minimum atomic E-state index is -0.0971. The molecular formula is C28H34N8O. The van der Waals surface area contributed by atoms with Gasteiger partial charge < -0.3 is 14.9 Å². The molecule has 1 saturated heterocycles. The molecule has 1 aliphatic rings. The second kappa shape index (κ2) is 10.7. The largest absolute Gasteiger partial charge is 0.383 e. The number of hydrogen-bond acceptors (Lipinski definition) is 7. The Kier molecular flexibility index (Phi) is 7.16. The van der Waals surface area contributed by atoms with Gasteiger partial charge in [0.05, 0.1) is 41.7 Å². The summed E-state index contributed by atoms with van der Waals surface area (Å²) in [5, 5.41) is 5.61. The Morgan fingerprint density at radius 2 is 1.86 bits per heavy atom. The van der Waals surface area contributed by atoms with E-state index >= 15 is 0 Å². The molecular weight excluding hydrogens is 464 g/mol. The Labute approximate surface area is 216 Å². The van der Waals surface area contributed by atoms with Crippen molar-refractivity contribution in [2.24, 2.45) is 0 Å². The van der Waals surface area contributed by atoms with E-state index in [0.29, 0.717) is 5.82 Å². The van der Waals surface area contributed by atoms with Crippen LogP contribution in [-0.4, -0.2) is 60.3 Å². The number of nitrogens with two attached hydrogens (primary N) is 1. The Hall–Kier alpha value is -3.82. The zero-order valence-electron chi connectivity index (χ0n) is 21.9. The second-order valence-electron chi connectivity index (χ2n) is 9.05. The Morgan fingerprint density at radius 1 is 1.05 bits per heavy atom. The standard InChI is InChI=1S/C26H28N8O.C2H6/c1-17-23-25(27)29-16-30-26(23)34(31-17)18(2)21-14-20-5-3-4-8-33(20)24(21)22-13-19(6-7-28-22)15-32-9-11-35-12-10-32;1-2/h3-8,13-14,16,18H,9-12,15H2,1-2H3,(H2,27,29,30);1-2H3. The van der Waals surface area contributed by atoms with Crippen molar-refractivity contribution in [3.05, 3.63) is 71.9 Å². The number of aromatic nitrogens is 6. The molecule has 1 fully saturated rings.